The maximum absolute atomic E-state index is 13.8. The number of nitrogens with two attached hydrogens (primary N) is 2. The number of aryl methyl sites for hydroxylation is 1. The molecule has 0 aliphatic heterocycles. The van der Waals surface area contributed by atoms with Gasteiger partial charge in [-0.2, -0.15) is 0 Å². The van der Waals surface area contributed by atoms with Crippen LogP contribution in [-0.2, 0) is 0 Å². The molecular weight excluding hydrogens is 253 g/mol. The summed E-state index contributed by atoms with van der Waals surface area (Å²) < 4.78 is 13.8. The Balaban J connectivity index is 2.50. The van der Waals surface area contributed by atoms with Gasteiger partial charge in [0.25, 0.3) is 0 Å². The van der Waals surface area contributed by atoms with Gasteiger partial charge in [0.2, 0.25) is 0 Å². The first kappa shape index (κ1) is 12.8. The van der Waals surface area contributed by atoms with Crippen LogP contribution in [0.15, 0.2) is 30.5 Å². The molecule has 2 aromatic rings. The van der Waals surface area contributed by atoms with Crippen LogP contribution in [0.3, 0.4) is 0 Å². The molecule has 1 aromatic heterocycles. The van der Waals surface area contributed by atoms with Crippen molar-refractivity contribution in [3.63, 3.8) is 0 Å². The number of pyridine rings is 1. The van der Waals surface area contributed by atoms with Gasteiger partial charge >= 0.3 is 0 Å². The van der Waals surface area contributed by atoms with E-state index in [0.717, 1.165) is 5.56 Å². The van der Waals surface area contributed by atoms with E-state index in [4.69, 9.17) is 23.1 Å². The first-order chi connectivity index (χ1) is 8.49. The third kappa shape index (κ3) is 2.44. The molecule has 18 heavy (non-hydrogen) atoms. The second kappa shape index (κ2) is 4.92. The minimum Gasteiger partial charge on any atom is -0.383 e. The van der Waals surface area contributed by atoms with Crippen molar-refractivity contribution in [1.29, 1.82) is 0 Å². The molecule has 94 valence electrons. The molecule has 1 atom stereocenters. The number of nitrogens with zero attached hydrogens (tertiary/aromatic N) is 1. The summed E-state index contributed by atoms with van der Waals surface area (Å²) in [6.07, 6.45) is 1.43. The summed E-state index contributed by atoms with van der Waals surface area (Å²) in [5.41, 5.74) is 13.6. The van der Waals surface area contributed by atoms with Crippen LogP contribution in [-0.4, -0.2) is 4.98 Å². The summed E-state index contributed by atoms with van der Waals surface area (Å²) in [5.74, 6) is -0.111. The van der Waals surface area contributed by atoms with Crippen molar-refractivity contribution in [2.75, 3.05) is 5.73 Å². The number of hydrogen-bond donors (Lipinski definition) is 2. The zero-order valence-corrected chi connectivity index (χ0v) is 10.6. The Morgan fingerprint density at radius 2 is 2.00 bits per heavy atom. The lowest BCUT2D eigenvalue weighted by molar-refractivity contribution is 0.599. The largest absolute Gasteiger partial charge is 0.383 e. The lowest BCUT2D eigenvalue weighted by atomic mass is 9.98. The summed E-state index contributed by atoms with van der Waals surface area (Å²) in [4.78, 5) is 3.92. The molecule has 1 heterocycles. The number of aromatic nitrogens is 1. The van der Waals surface area contributed by atoms with Gasteiger partial charge in [-0.3, -0.25) is 0 Å². The Morgan fingerprint density at radius 1 is 1.28 bits per heavy atom. The van der Waals surface area contributed by atoms with Gasteiger partial charge < -0.3 is 11.5 Å². The smallest absolute Gasteiger partial charge is 0.128 e. The van der Waals surface area contributed by atoms with Crippen LogP contribution in [0.25, 0.3) is 0 Å². The summed E-state index contributed by atoms with van der Waals surface area (Å²) in [7, 11) is 0. The van der Waals surface area contributed by atoms with E-state index in [1.807, 2.05) is 6.92 Å². The molecule has 2 rings (SSSR count). The van der Waals surface area contributed by atoms with Crippen LogP contribution >= 0.6 is 11.6 Å². The fourth-order valence-corrected chi connectivity index (χ4v) is 1.95. The Bertz CT molecular complexity index is 535. The monoisotopic (exact) mass is 265 g/mol. The quantitative estimate of drug-likeness (QED) is 0.878. The minimum atomic E-state index is -0.684. The SMILES string of the molecule is Cc1ccc(F)c(C(N)c2cc(Cl)cnc2N)c1. The fourth-order valence-electron chi connectivity index (χ4n) is 1.78. The predicted octanol–water partition coefficient (Wildman–Crippen LogP) is 2.81. The van der Waals surface area contributed by atoms with E-state index >= 15 is 0 Å². The summed E-state index contributed by atoms with van der Waals surface area (Å²) in [6, 6.07) is 5.69. The van der Waals surface area contributed by atoms with Crippen molar-refractivity contribution >= 4 is 17.4 Å². The molecule has 0 bridgehead atoms. The Labute approximate surface area is 110 Å². The van der Waals surface area contributed by atoms with Crippen molar-refractivity contribution < 1.29 is 4.39 Å². The standard InChI is InChI=1S/C13H13ClFN3/c1-7-2-3-11(15)9(4-7)12(16)10-5-8(14)6-18-13(10)17/h2-6,12H,16H2,1H3,(H2,17,18). The van der Waals surface area contributed by atoms with Crippen LogP contribution < -0.4 is 11.5 Å². The van der Waals surface area contributed by atoms with Crippen molar-refractivity contribution in [2.45, 2.75) is 13.0 Å². The zero-order chi connectivity index (χ0) is 13.3. The van der Waals surface area contributed by atoms with Crippen LogP contribution in [0, 0.1) is 12.7 Å². The van der Waals surface area contributed by atoms with Gasteiger partial charge in [-0.1, -0.05) is 29.3 Å². The molecule has 4 N–H and O–H groups in total. The Morgan fingerprint density at radius 3 is 2.72 bits per heavy atom. The highest BCUT2D eigenvalue weighted by Gasteiger charge is 2.17. The average Bonchev–Trinajstić information content (AvgIpc) is 2.34. The number of hydrogen-bond acceptors (Lipinski definition) is 3. The summed E-state index contributed by atoms with van der Waals surface area (Å²) in [5, 5.41) is 0.419. The molecule has 3 nitrogen and oxygen atoms in total. The molecule has 0 saturated carbocycles. The molecule has 0 aliphatic carbocycles. The molecule has 0 saturated heterocycles. The second-order valence-corrected chi connectivity index (χ2v) is 4.57. The third-order valence-corrected chi connectivity index (χ3v) is 2.94. The molecule has 0 radical (unpaired) electrons. The van der Waals surface area contributed by atoms with Gasteiger partial charge in [-0.25, -0.2) is 9.37 Å². The topological polar surface area (TPSA) is 64.9 Å². The van der Waals surface area contributed by atoms with E-state index in [-0.39, 0.29) is 11.6 Å². The zero-order valence-electron chi connectivity index (χ0n) is 9.82. The maximum Gasteiger partial charge on any atom is 0.128 e. The molecule has 0 amide bonds. The number of anilines is 1. The van der Waals surface area contributed by atoms with Gasteiger partial charge in [0.15, 0.2) is 0 Å². The third-order valence-electron chi connectivity index (χ3n) is 2.74. The van der Waals surface area contributed by atoms with E-state index in [0.29, 0.717) is 16.1 Å². The van der Waals surface area contributed by atoms with Crippen molar-refractivity contribution in [2.24, 2.45) is 5.73 Å². The predicted molar refractivity (Wildman–Crippen MR) is 70.8 cm³/mol. The highest BCUT2D eigenvalue weighted by atomic mass is 35.5. The van der Waals surface area contributed by atoms with Crippen LogP contribution in [0.2, 0.25) is 5.02 Å². The second-order valence-electron chi connectivity index (χ2n) is 4.13. The van der Waals surface area contributed by atoms with Gasteiger partial charge in [-0.15, -0.1) is 0 Å². The van der Waals surface area contributed by atoms with E-state index in [2.05, 4.69) is 4.98 Å². The van der Waals surface area contributed by atoms with E-state index < -0.39 is 6.04 Å². The van der Waals surface area contributed by atoms with Gasteiger partial charge in [-0.05, 0) is 19.1 Å². The number of rotatable bonds is 2. The van der Waals surface area contributed by atoms with E-state index in [1.54, 1.807) is 18.2 Å². The summed E-state index contributed by atoms with van der Waals surface area (Å²) in [6.45, 7) is 1.87. The lowest BCUT2D eigenvalue weighted by Gasteiger charge is -2.15. The Hall–Kier alpha value is -1.65. The van der Waals surface area contributed by atoms with Crippen molar-refractivity contribution in [3.8, 4) is 0 Å². The molecule has 0 fully saturated rings. The van der Waals surface area contributed by atoms with E-state index in [1.165, 1.54) is 12.3 Å². The van der Waals surface area contributed by atoms with Crippen LogP contribution in [0.4, 0.5) is 10.2 Å². The molecule has 5 heteroatoms. The lowest BCUT2D eigenvalue weighted by Crippen LogP contribution is -2.16. The highest BCUT2D eigenvalue weighted by molar-refractivity contribution is 6.30. The average molecular weight is 266 g/mol. The van der Waals surface area contributed by atoms with E-state index in [9.17, 15) is 4.39 Å². The normalized spacial score (nSPS) is 12.4. The maximum atomic E-state index is 13.8. The van der Waals surface area contributed by atoms with Gasteiger partial charge in [0.05, 0.1) is 11.1 Å². The van der Waals surface area contributed by atoms with Gasteiger partial charge in [0, 0.05) is 17.3 Å². The van der Waals surface area contributed by atoms with Crippen molar-refractivity contribution in [3.05, 3.63) is 58.0 Å². The van der Waals surface area contributed by atoms with Gasteiger partial charge in [0.1, 0.15) is 11.6 Å². The first-order valence-electron chi connectivity index (χ1n) is 5.41. The molecule has 1 unspecified atom stereocenters. The highest BCUT2D eigenvalue weighted by Crippen LogP contribution is 2.27. The number of halogens is 2. The molecule has 0 spiro atoms. The van der Waals surface area contributed by atoms with Crippen LogP contribution in [0.1, 0.15) is 22.7 Å². The Kier molecular flexibility index (Phi) is 3.50. The number of nitrogen functional groups attached to an aromatic ring is 1. The van der Waals surface area contributed by atoms with Crippen molar-refractivity contribution in [1.82, 2.24) is 4.98 Å². The summed E-state index contributed by atoms with van der Waals surface area (Å²) >= 11 is 5.85. The first-order valence-corrected chi connectivity index (χ1v) is 5.79. The van der Waals surface area contributed by atoms with Crippen LogP contribution in [0.5, 0.6) is 0 Å². The minimum absolute atomic E-state index is 0.257. The fraction of sp³-hybridized carbons (Fsp3) is 0.154. The molecule has 0 aliphatic rings. The molecular formula is C13H13ClFN3. The number of benzene rings is 1. The molecule has 1 aromatic carbocycles.